The van der Waals surface area contributed by atoms with Crippen molar-refractivity contribution in [3.8, 4) is 0 Å². The Morgan fingerprint density at radius 2 is 1.90 bits per heavy atom. The Labute approximate surface area is 124 Å². The van der Waals surface area contributed by atoms with Gasteiger partial charge < -0.3 is 14.5 Å². The van der Waals surface area contributed by atoms with E-state index in [1.165, 1.54) is 5.56 Å². The molecule has 2 aliphatic rings. The summed E-state index contributed by atoms with van der Waals surface area (Å²) in [6.07, 6.45) is 2.03. The summed E-state index contributed by atoms with van der Waals surface area (Å²) in [6.45, 7) is 3.45. The molecule has 106 valence electrons. The summed E-state index contributed by atoms with van der Waals surface area (Å²) in [6, 6.07) is 8.09. The zero-order chi connectivity index (χ0) is 13.9. The number of ether oxygens (including phenoxy) is 1. The van der Waals surface area contributed by atoms with Crippen molar-refractivity contribution in [3.05, 3.63) is 29.8 Å². The number of fused-ring (bicyclic) bond motifs is 1. The Kier molecular flexibility index (Phi) is 3.98. The fraction of sp³-hybridized carbons (Fsp3) is 0.467. The minimum atomic E-state index is -0.0472. The number of thiocarbonyl (C=S) groups is 1. The van der Waals surface area contributed by atoms with E-state index < -0.39 is 0 Å². The maximum Gasteiger partial charge on any atom is 0.285 e. The molecule has 1 aromatic rings. The summed E-state index contributed by atoms with van der Waals surface area (Å²) in [4.78, 5) is 16.9. The number of rotatable bonds is 0. The normalized spacial score (nSPS) is 18.6. The number of hydrogen-bond donors (Lipinski definition) is 0. The van der Waals surface area contributed by atoms with Gasteiger partial charge in [0.05, 0.1) is 13.2 Å². The molecule has 0 N–H and O–H groups in total. The van der Waals surface area contributed by atoms with Crippen LogP contribution in [0.3, 0.4) is 0 Å². The smallest absolute Gasteiger partial charge is 0.285 e. The minimum Gasteiger partial charge on any atom is -0.378 e. The van der Waals surface area contributed by atoms with Crippen LogP contribution in [0.1, 0.15) is 12.0 Å². The van der Waals surface area contributed by atoms with E-state index in [4.69, 9.17) is 17.0 Å². The number of amides is 1. The third kappa shape index (κ3) is 2.55. The SMILES string of the molecule is O=C(C(=S)N1CCOCC1)N1CCCc2ccccc21. The zero-order valence-electron chi connectivity index (χ0n) is 11.4. The van der Waals surface area contributed by atoms with Gasteiger partial charge in [-0.15, -0.1) is 0 Å². The molecule has 0 radical (unpaired) electrons. The number of nitrogens with zero attached hydrogens (tertiary/aromatic N) is 2. The van der Waals surface area contributed by atoms with Crippen molar-refractivity contribution in [3.63, 3.8) is 0 Å². The van der Waals surface area contributed by atoms with E-state index in [1.54, 1.807) is 0 Å². The average Bonchev–Trinajstić information content (AvgIpc) is 2.54. The van der Waals surface area contributed by atoms with Gasteiger partial charge in [-0.1, -0.05) is 30.4 Å². The van der Waals surface area contributed by atoms with Gasteiger partial charge in [0.15, 0.2) is 4.99 Å². The molecule has 0 unspecified atom stereocenters. The highest BCUT2D eigenvalue weighted by Gasteiger charge is 2.28. The molecule has 2 aliphatic heterocycles. The second-order valence-corrected chi connectivity index (χ2v) is 5.48. The van der Waals surface area contributed by atoms with E-state index in [0.29, 0.717) is 31.3 Å². The van der Waals surface area contributed by atoms with Crippen molar-refractivity contribution in [2.24, 2.45) is 0 Å². The molecule has 1 saturated heterocycles. The third-order valence-corrected chi connectivity index (χ3v) is 4.27. The maximum absolute atomic E-state index is 12.7. The number of carbonyl (C=O) groups is 1. The first-order chi connectivity index (χ1) is 9.77. The van der Waals surface area contributed by atoms with Gasteiger partial charge in [-0.2, -0.15) is 0 Å². The summed E-state index contributed by atoms with van der Waals surface area (Å²) < 4.78 is 5.31. The number of aryl methyl sites for hydroxylation is 1. The summed E-state index contributed by atoms with van der Waals surface area (Å²) in [5.41, 5.74) is 2.25. The maximum atomic E-state index is 12.7. The highest BCUT2D eigenvalue weighted by molar-refractivity contribution is 7.82. The molecular weight excluding hydrogens is 272 g/mol. The lowest BCUT2D eigenvalue weighted by Gasteiger charge is -2.34. The van der Waals surface area contributed by atoms with Crippen LogP contribution < -0.4 is 4.90 Å². The predicted molar refractivity (Wildman–Crippen MR) is 82.1 cm³/mol. The number of hydrogen-bond acceptors (Lipinski definition) is 3. The highest BCUT2D eigenvalue weighted by atomic mass is 32.1. The van der Waals surface area contributed by atoms with Crippen LogP contribution in [0.15, 0.2) is 24.3 Å². The molecule has 5 heteroatoms. The van der Waals surface area contributed by atoms with Crippen molar-refractivity contribution in [1.82, 2.24) is 4.90 Å². The minimum absolute atomic E-state index is 0.0472. The molecule has 0 atom stereocenters. The van der Waals surface area contributed by atoms with Gasteiger partial charge in [0.1, 0.15) is 0 Å². The summed E-state index contributed by atoms with van der Waals surface area (Å²) in [5, 5.41) is 0. The first-order valence-electron chi connectivity index (χ1n) is 7.04. The molecule has 0 saturated carbocycles. The molecule has 3 rings (SSSR count). The van der Waals surface area contributed by atoms with Crippen LogP contribution in [-0.2, 0) is 16.0 Å². The van der Waals surface area contributed by atoms with Crippen LogP contribution in [-0.4, -0.2) is 48.6 Å². The fourth-order valence-electron chi connectivity index (χ4n) is 2.76. The largest absolute Gasteiger partial charge is 0.378 e. The number of benzene rings is 1. The van der Waals surface area contributed by atoms with Gasteiger partial charge in [0, 0.05) is 25.3 Å². The third-order valence-electron chi connectivity index (χ3n) is 3.84. The van der Waals surface area contributed by atoms with Gasteiger partial charge >= 0.3 is 0 Å². The molecule has 4 nitrogen and oxygen atoms in total. The van der Waals surface area contributed by atoms with Crippen molar-refractivity contribution >= 4 is 28.8 Å². The molecule has 1 fully saturated rings. The van der Waals surface area contributed by atoms with E-state index in [9.17, 15) is 4.79 Å². The first-order valence-corrected chi connectivity index (χ1v) is 7.44. The second kappa shape index (κ2) is 5.89. The lowest BCUT2D eigenvalue weighted by molar-refractivity contribution is -0.113. The Bertz CT molecular complexity index is 526. The average molecular weight is 290 g/mol. The van der Waals surface area contributed by atoms with Crippen LogP contribution in [0, 0.1) is 0 Å². The molecule has 2 heterocycles. The van der Waals surface area contributed by atoms with Crippen LogP contribution in [0.4, 0.5) is 5.69 Å². The molecule has 0 spiro atoms. The Balaban J connectivity index is 1.79. The van der Waals surface area contributed by atoms with Crippen LogP contribution in [0.2, 0.25) is 0 Å². The number of morpholine rings is 1. The molecule has 20 heavy (non-hydrogen) atoms. The van der Waals surface area contributed by atoms with Crippen molar-refractivity contribution in [2.75, 3.05) is 37.7 Å². The zero-order valence-corrected chi connectivity index (χ0v) is 12.2. The lowest BCUT2D eigenvalue weighted by Crippen LogP contribution is -2.49. The number of anilines is 1. The van der Waals surface area contributed by atoms with E-state index in [1.807, 2.05) is 28.0 Å². The van der Waals surface area contributed by atoms with E-state index in [0.717, 1.165) is 25.1 Å². The van der Waals surface area contributed by atoms with Gasteiger partial charge in [-0.3, -0.25) is 4.79 Å². The van der Waals surface area contributed by atoms with Crippen molar-refractivity contribution in [1.29, 1.82) is 0 Å². The fourth-order valence-corrected chi connectivity index (χ4v) is 3.05. The second-order valence-electron chi connectivity index (χ2n) is 5.09. The number of carbonyl (C=O) groups excluding carboxylic acids is 1. The predicted octanol–water partition coefficient (Wildman–Crippen LogP) is 1.63. The summed E-state index contributed by atoms with van der Waals surface area (Å²) in [7, 11) is 0. The molecule has 1 amide bonds. The quantitative estimate of drug-likeness (QED) is 0.680. The summed E-state index contributed by atoms with van der Waals surface area (Å²) >= 11 is 5.39. The molecular formula is C15H18N2O2S. The van der Waals surface area contributed by atoms with Crippen LogP contribution >= 0.6 is 12.2 Å². The summed E-state index contributed by atoms with van der Waals surface area (Å²) in [5.74, 6) is -0.0472. The molecule has 0 aromatic heterocycles. The van der Waals surface area contributed by atoms with E-state index >= 15 is 0 Å². The number of para-hydroxylation sites is 1. The Hall–Kier alpha value is -1.46. The molecule has 1 aromatic carbocycles. The van der Waals surface area contributed by atoms with E-state index in [2.05, 4.69) is 6.07 Å². The molecule has 0 aliphatic carbocycles. The molecule has 0 bridgehead atoms. The Morgan fingerprint density at radius 1 is 1.15 bits per heavy atom. The van der Waals surface area contributed by atoms with Gasteiger partial charge in [-0.05, 0) is 24.5 Å². The van der Waals surface area contributed by atoms with Crippen molar-refractivity contribution in [2.45, 2.75) is 12.8 Å². The Morgan fingerprint density at radius 3 is 2.70 bits per heavy atom. The monoisotopic (exact) mass is 290 g/mol. The highest BCUT2D eigenvalue weighted by Crippen LogP contribution is 2.27. The van der Waals surface area contributed by atoms with Gasteiger partial charge in [0.25, 0.3) is 5.91 Å². The van der Waals surface area contributed by atoms with Crippen LogP contribution in [0.25, 0.3) is 0 Å². The van der Waals surface area contributed by atoms with Crippen LogP contribution in [0.5, 0.6) is 0 Å². The van der Waals surface area contributed by atoms with Crippen molar-refractivity contribution < 1.29 is 9.53 Å². The topological polar surface area (TPSA) is 32.8 Å². The lowest BCUT2D eigenvalue weighted by atomic mass is 10.0. The van der Waals surface area contributed by atoms with Gasteiger partial charge in [-0.25, -0.2) is 0 Å². The van der Waals surface area contributed by atoms with E-state index in [-0.39, 0.29) is 5.91 Å². The standard InChI is InChI=1S/C15H18N2O2S/c18-14(15(20)16-8-10-19-11-9-16)17-7-3-5-12-4-1-2-6-13(12)17/h1-2,4,6H,3,5,7-11H2. The van der Waals surface area contributed by atoms with Gasteiger partial charge in [0.2, 0.25) is 0 Å². The first kappa shape index (κ1) is 13.5.